The molecule has 0 aromatic carbocycles. The molecule has 2 N–H and O–H groups in total. The molecular formula is C18H19N5O4. The van der Waals surface area contributed by atoms with Crippen molar-refractivity contribution in [2.45, 2.75) is 27.3 Å². The van der Waals surface area contributed by atoms with E-state index in [1.807, 2.05) is 6.92 Å². The maximum atomic E-state index is 12.6. The number of hydrogen-bond acceptors (Lipinski definition) is 6. The van der Waals surface area contributed by atoms with Gasteiger partial charge in [-0.15, -0.1) is 0 Å². The van der Waals surface area contributed by atoms with E-state index in [0.717, 1.165) is 5.69 Å². The monoisotopic (exact) mass is 369 g/mol. The van der Waals surface area contributed by atoms with Gasteiger partial charge < -0.3 is 14.6 Å². The van der Waals surface area contributed by atoms with Crippen LogP contribution in [-0.2, 0) is 16.1 Å². The van der Waals surface area contributed by atoms with Crippen LogP contribution in [0.5, 0.6) is 0 Å². The van der Waals surface area contributed by atoms with E-state index in [9.17, 15) is 14.4 Å². The van der Waals surface area contributed by atoms with E-state index in [1.54, 1.807) is 32.0 Å². The molecule has 1 amide bonds. The molecule has 9 nitrogen and oxygen atoms in total. The highest BCUT2D eigenvalue weighted by Gasteiger charge is 2.18. The molecule has 0 bridgehead atoms. The van der Waals surface area contributed by atoms with Crippen molar-refractivity contribution < 1.29 is 14.3 Å². The normalized spacial score (nSPS) is 10.8. The number of aryl methyl sites for hydroxylation is 2. The second kappa shape index (κ2) is 7.40. The molecule has 3 aromatic rings. The predicted molar refractivity (Wildman–Crippen MR) is 98.7 cm³/mol. The third-order valence-electron chi connectivity index (χ3n) is 3.84. The number of pyridine rings is 2. The van der Waals surface area contributed by atoms with Crippen LogP contribution < -0.4 is 10.7 Å². The molecule has 0 aliphatic heterocycles. The number of H-pyrrole nitrogens is 1. The van der Waals surface area contributed by atoms with Gasteiger partial charge in [-0.25, -0.2) is 9.78 Å². The molecule has 27 heavy (non-hydrogen) atoms. The van der Waals surface area contributed by atoms with E-state index in [1.165, 1.54) is 10.8 Å². The fraction of sp³-hybridized carbons (Fsp3) is 0.278. The fourth-order valence-corrected chi connectivity index (χ4v) is 2.65. The summed E-state index contributed by atoms with van der Waals surface area (Å²) in [4.78, 5) is 41.5. The summed E-state index contributed by atoms with van der Waals surface area (Å²) in [6.45, 7) is 5.24. The standard InChI is InChI=1S/C18H19N5O4/c1-4-27-18(26)13-8-23(9-15(24)20-14-7-11(3)21-22-14)17-12(16(13)25)6-5-10(2)19-17/h5-8H,4,9H2,1-3H3,(H2,20,21,22,24). The average molecular weight is 369 g/mol. The Kier molecular flexibility index (Phi) is 5.02. The molecule has 0 unspecified atom stereocenters. The number of aromatic amines is 1. The molecule has 3 aromatic heterocycles. The average Bonchev–Trinajstić information content (AvgIpc) is 3.02. The first-order valence-corrected chi connectivity index (χ1v) is 8.39. The van der Waals surface area contributed by atoms with Gasteiger partial charge in [-0.3, -0.25) is 14.7 Å². The number of nitrogens with one attached hydrogen (secondary N) is 2. The van der Waals surface area contributed by atoms with Crippen molar-refractivity contribution in [3.63, 3.8) is 0 Å². The molecular weight excluding hydrogens is 350 g/mol. The van der Waals surface area contributed by atoms with Crippen molar-refractivity contribution >= 4 is 28.7 Å². The molecule has 0 atom stereocenters. The van der Waals surface area contributed by atoms with Crippen LogP contribution in [0.1, 0.15) is 28.7 Å². The van der Waals surface area contributed by atoms with E-state index < -0.39 is 11.4 Å². The summed E-state index contributed by atoms with van der Waals surface area (Å²) in [5.74, 6) is -0.718. The van der Waals surface area contributed by atoms with Crippen LogP contribution in [0.25, 0.3) is 11.0 Å². The number of carbonyl (C=O) groups is 2. The Hall–Kier alpha value is -3.49. The van der Waals surface area contributed by atoms with Crippen LogP contribution >= 0.6 is 0 Å². The minimum atomic E-state index is -0.734. The molecule has 0 aliphatic rings. The first-order chi connectivity index (χ1) is 12.9. The van der Waals surface area contributed by atoms with Crippen LogP contribution in [0.2, 0.25) is 0 Å². The van der Waals surface area contributed by atoms with E-state index in [0.29, 0.717) is 17.2 Å². The van der Waals surface area contributed by atoms with Gasteiger partial charge in [0.2, 0.25) is 11.3 Å². The second-order valence-electron chi connectivity index (χ2n) is 6.03. The number of rotatable bonds is 5. The lowest BCUT2D eigenvalue weighted by atomic mass is 10.2. The number of esters is 1. The number of ether oxygens (including phenoxy) is 1. The van der Waals surface area contributed by atoms with E-state index >= 15 is 0 Å². The molecule has 140 valence electrons. The van der Waals surface area contributed by atoms with Crippen molar-refractivity contribution in [3.8, 4) is 0 Å². The van der Waals surface area contributed by atoms with Gasteiger partial charge in [0.25, 0.3) is 0 Å². The number of hydrogen-bond donors (Lipinski definition) is 2. The summed E-state index contributed by atoms with van der Waals surface area (Å²) in [5, 5.41) is 9.59. The SMILES string of the molecule is CCOC(=O)c1cn(CC(=O)Nc2cc(C)[nH]n2)c2nc(C)ccc2c1=O. The summed E-state index contributed by atoms with van der Waals surface area (Å²) < 4.78 is 6.42. The highest BCUT2D eigenvalue weighted by molar-refractivity contribution is 5.94. The van der Waals surface area contributed by atoms with Gasteiger partial charge >= 0.3 is 5.97 Å². The second-order valence-corrected chi connectivity index (χ2v) is 6.03. The van der Waals surface area contributed by atoms with Crippen molar-refractivity contribution in [1.82, 2.24) is 19.7 Å². The number of aromatic nitrogens is 4. The molecule has 0 saturated heterocycles. The number of carbonyl (C=O) groups excluding carboxylic acids is 2. The lowest BCUT2D eigenvalue weighted by Crippen LogP contribution is -2.25. The van der Waals surface area contributed by atoms with Crippen LogP contribution in [0.3, 0.4) is 0 Å². The lowest BCUT2D eigenvalue weighted by Gasteiger charge is -2.12. The van der Waals surface area contributed by atoms with Crippen LogP contribution in [0.15, 0.2) is 29.2 Å². The smallest absolute Gasteiger partial charge is 0.343 e. The molecule has 9 heteroatoms. The largest absolute Gasteiger partial charge is 0.462 e. The third-order valence-corrected chi connectivity index (χ3v) is 3.84. The third kappa shape index (κ3) is 3.86. The van der Waals surface area contributed by atoms with Gasteiger partial charge in [0, 0.05) is 23.7 Å². The Bertz CT molecular complexity index is 1080. The summed E-state index contributed by atoms with van der Waals surface area (Å²) in [6, 6.07) is 4.96. The number of nitrogens with zero attached hydrogens (tertiary/aromatic N) is 3. The Morgan fingerprint density at radius 1 is 1.30 bits per heavy atom. The first-order valence-electron chi connectivity index (χ1n) is 8.39. The van der Waals surface area contributed by atoms with Crippen molar-refractivity contribution in [3.05, 3.63) is 51.6 Å². The van der Waals surface area contributed by atoms with Crippen LogP contribution in [0, 0.1) is 13.8 Å². The topological polar surface area (TPSA) is 119 Å². The summed E-state index contributed by atoms with van der Waals surface area (Å²) in [6.07, 6.45) is 1.31. The van der Waals surface area contributed by atoms with Gasteiger partial charge in [0.15, 0.2) is 5.82 Å². The van der Waals surface area contributed by atoms with E-state index in [4.69, 9.17) is 4.74 Å². The Morgan fingerprint density at radius 2 is 2.07 bits per heavy atom. The maximum absolute atomic E-state index is 12.6. The van der Waals surface area contributed by atoms with Gasteiger partial charge in [-0.2, -0.15) is 5.10 Å². The van der Waals surface area contributed by atoms with Crippen molar-refractivity contribution in [2.75, 3.05) is 11.9 Å². The van der Waals surface area contributed by atoms with Gasteiger partial charge in [0.05, 0.1) is 12.0 Å². The van der Waals surface area contributed by atoms with Crippen LogP contribution in [0.4, 0.5) is 5.82 Å². The Labute approximate surface area is 154 Å². The van der Waals surface area contributed by atoms with Gasteiger partial charge in [0.1, 0.15) is 17.8 Å². The maximum Gasteiger partial charge on any atom is 0.343 e. The zero-order valence-corrected chi connectivity index (χ0v) is 15.2. The molecule has 0 aliphatic carbocycles. The molecule has 0 spiro atoms. The van der Waals surface area contributed by atoms with Crippen molar-refractivity contribution in [1.29, 1.82) is 0 Å². The zero-order valence-electron chi connectivity index (χ0n) is 15.2. The quantitative estimate of drug-likeness (QED) is 0.659. The zero-order chi connectivity index (χ0) is 19.6. The predicted octanol–water partition coefficient (Wildman–Crippen LogP) is 1.55. The van der Waals surface area contributed by atoms with Crippen molar-refractivity contribution in [2.24, 2.45) is 0 Å². The fourth-order valence-electron chi connectivity index (χ4n) is 2.65. The number of fused-ring (bicyclic) bond motifs is 1. The summed E-state index contributed by atoms with van der Waals surface area (Å²) in [7, 11) is 0. The summed E-state index contributed by atoms with van der Waals surface area (Å²) in [5.41, 5.74) is 1.19. The molecule has 3 rings (SSSR count). The highest BCUT2D eigenvalue weighted by atomic mass is 16.5. The number of amides is 1. The van der Waals surface area contributed by atoms with E-state index in [2.05, 4.69) is 20.5 Å². The number of anilines is 1. The molecule has 0 fully saturated rings. The first kappa shape index (κ1) is 18.3. The molecule has 3 heterocycles. The highest BCUT2D eigenvalue weighted by Crippen LogP contribution is 2.12. The van der Waals surface area contributed by atoms with Gasteiger partial charge in [-0.05, 0) is 32.9 Å². The minimum absolute atomic E-state index is 0.140. The minimum Gasteiger partial charge on any atom is -0.462 e. The van der Waals surface area contributed by atoms with Crippen LogP contribution in [-0.4, -0.2) is 38.2 Å². The Morgan fingerprint density at radius 3 is 2.74 bits per heavy atom. The molecule has 0 radical (unpaired) electrons. The van der Waals surface area contributed by atoms with Gasteiger partial charge in [-0.1, -0.05) is 0 Å². The lowest BCUT2D eigenvalue weighted by molar-refractivity contribution is -0.116. The van der Waals surface area contributed by atoms with E-state index in [-0.39, 0.29) is 30.0 Å². The Balaban J connectivity index is 2.02. The molecule has 0 saturated carbocycles. The summed E-state index contributed by atoms with van der Waals surface area (Å²) >= 11 is 0.